The third-order valence-corrected chi connectivity index (χ3v) is 5.77. The predicted octanol–water partition coefficient (Wildman–Crippen LogP) is 5.64. The Morgan fingerprint density at radius 1 is 1.12 bits per heavy atom. The van der Waals surface area contributed by atoms with Crippen LogP contribution in [0.15, 0.2) is 42.5 Å². The number of amides is 1. The number of thiophene rings is 1. The van der Waals surface area contributed by atoms with E-state index in [1.807, 2.05) is 43.3 Å². The Bertz CT molecular complexity index is 953. The van der Waals surface area contributed by atoms with Crippen LogP contribution in [0.2, 0.25) is 10.0 Å². The van der Waals surface area contributed by atoms with Gasteiger partial charge in [-0.2, -0.15) is 0 Å². The van der Waals surface area contributed by atoms with Crippen molar-refractivity contribution in [2.24, 2.45) is 0 Å². The molecule has 1 aromatic heterocycles. The number of nitrogens with one attached hydrogen (secondary N) is 2. The average Bonchev–Trinajstić information content (AvgIpc) is 2.89. The molecule has 7 heteroatoms. The largest absolute Gasteiger partial charge is 0.332 e. The van der Waals surface area contributed by atoms with E-state index in [2.05, 4.69) is 10.6 Å². The summed E-state index contributed by atoms with van der Waals surface area (Å²) in [7, 11) is 0. The van der Waals surface area contributed by atoms with Crippen LogP contribution in [-0.4, -0.2) is 11.0 Å². The van der Waals surface area contributed by atoms with Crippen molar-refractivity contribution < 1.29 is 4.79 Å². The molecule has 0 saturated carbocycles. The van der Waals surface area contributed by atoms with Gasteiger partial charge in [0, 0.05) is 20.8 Å². The number of carbonyl (C=O) groups is 1. The molecule has 2 aromatic carbocycles. The first-order valence-electron chi connectivity index (χ1n) is 7.02. The topological polar surface area (TPSA) is 41.1 Å². The molecule has 1 heterocycles. The first-order valence-corrected chi connectivity index (χ1v) is 9.00. The van der Waals surface area contributed by atoms with Crippen LogP contribution in [0.1, 0.15) is 15.2 Å². The molecule has 0 aliphatic rings. The summed E-state index contributed by atoms with van der Waals surface area (Å²) < 4.78 is 0.956. The van der Waals surface area contributed by atoms with Crippen LogP contribution in [0, 0.1) is 6.92 Å². The highest BCUT2D eigenvalue weighted by Gasteiger charge is 2.18. The lowest BCUT2D eigenvalue weighted by atomic mass is 10.2. The van der Waals surface area contributed by atoms with Gasteiger partial charge in [-0.3, -0.25) is 10.1 Å². The van der Waals surface area contributed by atoms with Crippen LogP contribution < -0.4 is 10.6 Å². The maximum atomic E-state index is 12.4. The first-order chi connectivity index (χ1) is 11.5. The van der Waals surface area contributed by atoms with E-state index >= 15 is 0 Å². The molecule has 2 N–H and O–H groups in total. The molecule has 0 unspecified atom stereocenters. The lowest BCUT2D eigenvalue weighted by molar-refractivity contribution is 0.0982. The molecule has 0 aliphatic heterocycles. The molecule has 0 atom stereocenters. The summed E-state index contributed by atoms with van der Waals surface area (Å²) in [5.41, 5.74) is 1.60. The Balaban J connectivity index is 1.77. The SMILES string of the molecule is Cc1c(Cl)cccc1NC(=S)NC(=O)c1sc2ccccc2c1Cl. The quantitative estimate of drug-likeness (QED) is 0.552. The van der Waals surface area contributed by atoms with Gasteiger partial charge in [0.15, 0.2) is 5.11 Å². The maximum Gasteiger partial charge on any atom is 0.269 e. The monoisotopic (exact) mass is 394 g/mol. The van der Waals surface area contributed by atoms with Gasteiger partial charge in [-0.1, -0.05) is 47.5 Å². The zero-order valence-corrected chi connectivity index (χ0v) is 15.7. The summed E-state index contributed by atoms with van der Waals surface area (Å²) in [5.74, 6) is -0.335. The molecular formula is C17H12Cl2N2OS2. The molecule has 0 saturated heterocycles. The molecule has 0 fully saturated rings. The van der Waals surface area contributed by atoms with Crippen molar-refractivity contribution in [3.8, 4) is 0 Å². The second-order valence-electron chi connectivity index (χ2n) is 5.06. The van der Waals surface area contributed by atoms with Crippen molar-refractivity contribution in [3.63, 3.8) is 0 Å². The number of fused-ring (bicyclic) bond motifs is 1. The van der Waals surface area contributed by atoms with Crippen molar-refractivity contribution in [2.75, 3.05) is 5.32 Å². The van der Waals surface area contributed by atoms with Crippen LogP contribution >= 0.6 is 46.8 Å². The summed E-state index contributed by atoms with van der Waals surface area (Å²) in [6.45, 7) is 1.87. The number of halogens is 2. The molecule has 24 heavy (non-hydrogen) atoms. The van der Waals surface area contributed by atoms with Crippen molar-refractivity contribution >= 4 is 73.5 Å². The van der Waals surface area contributed by atoms with Crippen molar-refractivity contribution in [2.45, 2.75) is 6.92 Å². The molecule has 0 radical (unpaired) electrons. The molecule has 3 nitrogen and oxygen atoms in total. The minimum Gasteiger partial charge on any atom is -0.332 e. The van der Waals surface area contributed by atoms with Gasteiger partial charge in [0.1, 0.15) is 4.88 Å². The Morgan fingerprint density at radius 3 is 2.62 bits per heavy atom. The highest BCUT2D eigenvalue weighted by molar-refractivity contribution is 7.80. The lowest BCUT2D eigenvalue weighted by Crippen LogP contribution is -2.34. The van der Waals surface area contributed by atoms with Gasteiger partial charge in [-0.25, -0.2) is 0 Å². The summed E-state index contributed by atoms with van der Waals surface area (Å²) in [6.07, 6.45) is 0. The van der Waals surface area contributed by atoms with Crippen molar-refractivity contribution in [1.29, 1.82) is 0 Å². The van der Waals surface area contributed by atoms with Crippen molar-refractivity contribution in [3.05, 3.63) is 63.0 Å². The molecule has 3 aromatic rings. The predicted molar refractivity (Wildman–Crippen MR) is 107 cm³/mol. The second kappa shape index (κ2) is 7.07. The summed E-state index contributed by atoms with van der Waals surface area (Å²) in [4.78, 5) is 12.9. The number of rotatable bonds is 2. The van der Waals surface area contributed by atoms with Crippen LogP contribution in [-0.2, 0) is 0 Å². The van der Waals surface area contributed by atoms with E-state index in [1.54, 1.807) is 6.07 Å². The molecular weight excluding hydrogens is 383 g/mol. The Morgan fingerprint density at radius 2 is 1.88 bits per heavy atom. The molecule has 3 rings (SSSR count). The molecule has 0 aliphatic carbocycles. The summed E-state index contributed by atoms with van der Waals surface area (Å²) >= 11 is 18.9. The number of thiocarbonyl (C=S) groups is 1. The molecule has 122 valence electrons. The third kappa shape index (κ3) is 3.39. The van der Waals surface area contributed by atoms with Crippen LogP contribution in [0.25, 0.3) is 10.1 Å². The Labute approximate surface area is 158 Å². The maximum absolute atomic E-state index is 12.4. The van der Waals surface area contributed by atoms with Crippen LogP contribution in [0.5, 0.6) is 0 Å². The van der Waals surface area contributed by atoms with Gasteiger partial charge >= 0.3 is 0 Å². The highest BCUT2D eigenvalue weighted by Crippen LogP contribution is 2.35. The van der Waals surface area contributed by atoms with Gasteiger partial charge in [0.2, 0.25) is 0 Å². The van der Waals surface area contributed by atoms with Crippen molar-refractivity contribution in [1.82, 2.24) is 5.32 Å². The molecule has 0 spiro atoms. The number of hydrogen-bond donors (Lipinski definition) is 2. The van der Waals surface area contributed by atoms with Gasteiger partial charge in [-0.05, 0) is 42.9 Å². The van der Waals surface area contributed by atoms with Gasteiger partial charge in [-0.15, -0.1) is 11.3 Å². The smallest absolute Gasteiger partial charge is 0.269 e. The zero-order chi connectivity index (χ0) is 17.3. The van der Waals surface area contributed by atoms with Gasteiger partial charge in [0.25, 0.3) is 5.91 Å². The first kappa shape index (κ1) is 17.2. The van der Waals surface area contributed by atoms with E-state index in [1.165, 1.54) is 11.3 Å². The molecule has 0 bridgehead atoms. The fourth-order valence-electron chi connectivity index (χ4n) is 2.22. The van der Waals surface area contributed by atoms with E-state index in [4.69, 9.17) is 35.4 Å². The fraction of sp³-hybridized carbons (Fsp3) is 0.0588. The number of hydrogen-bond acceptors (Lipinski definition) is 3. The van der Waals surface area contributed by atoms with Crippen LogP contribution in [0.3, 0.4) is 0 Å². The summed E-state index contributed by atoms with van der Waals surface area (Å²) in [5, 5.41) is 7.76. The zero-order valence-electron chi connectivity index (χ0n) is 12.5. The normalized spacial score (nSPS) is 10.6. The summed E-state index contributed by atoms with van der Waals surface area (Å²) in [6, 6.07) is 13.0. The number of anilines is 1. The minimum absolute atomic E-state index is 0.193. The van der Waals surface area contributed by atoms with Gasteiger partial charge < -0.3 is 5.32 Å². The standard InChI is InChI=1S/C17H12Cl2N2OS2/c1-9-11(18)6-4-7-12(9)20-17(23)21-16(22)15-14(19)10-5-2-3-8-13(10)24-15/h2-8H,1H3,(H2,20,21,22,23). The van der Waals surface area contributed by atoms with E-state index in [0.717, 1.165) is 21.3 Å². The Kier molecular flexibility index (Phi) is 5.06. The Hall–Kier alpha value is -1.66. The highest BCUT2D eigenvalue weighted by atomic mass is 35.5. The third-order valence-electron chi connectivity index (χ3n) is 3.48. The molecule has 1 amide bonds. The minimum atomic E-state index is -0.335. The second-order valence-corrected chi connectivity index (χ2v) is 7.31. The van der Waals surface area contributed by atoms with E-state index < -0.39 is 0 Å². The number of benzene rings is 2. The van der Waals surface area contributed by atoms with E-state index in [9.17, 15) is 4.79 Å². The number of carbonyl (C=O) groups excluding carboxylic acids is 1. The van der Waals surface area contributed by atoms with Crippen LogP contribution in [0.4, 0.5) is 5.69 Å². The average molecular weight is 395 g/mol. The fourth-order valence-corrected chi connectivity index (χ4v) is 4.01. The van der Waals surface area contributed by atoms with Gasteiger partial charge in [0.05, 0.1) is 5.02 Å². The van der Waals surface area contributed by atoms with E-state index in [-0.39, 0.29) is 11.0 Å². The van der Waals surface area contributed by atoms with E-state index in [0.29, 0.717) is 14.9 Å². The lowest BCUT2D eigenvalue weighted by Gasteiger charge is -2.12.